The minimum absolute atomic E-state index is 0.0431. The fraction of sp³-hybridized carbons (Fsp3) is 0.278. The Kier molecular flexibility index (Phi) is 3.95. The van der Waals surface area contributed by atoms with Gasteiger partial charge in [0.15, 0.2) is 9.84 Å². The van der Waals surface area contributed by atoms with E-state index in [0.717, 1.165) is 48.3 Å². The lowest BCUT2D eigenvalue weighted by atomic mass is 9.90. The fourth-order valence-corrected chi connectivity index (χ4v) is 5.33. The summed E-state index contributed by atoms with van der Waals surface area (Å²) in [6.45, 7) is 1.80. The Bertz CT molecular complexity index is 943. The summed E-state index contributed by atoms with van der Waals surface area (Å²) in [5.41, 5.74) is 4.51. The van der Waals surface area contributed by atoms with Crippen molar-refractivity contribution in [3.8, 4) is 0 Å². The zero-order valence-corrected chi connectivity index (χ0v) is 14.6. The number of benzene rings is 1. The van der Waals surface area contributed by atoms with Crippen molar-refractivity contribution in [2.75, 3.05) is 13.1 Å². The van der Waals surface area contributed by atoms with Crippen molar-refractivity contribution in [3.05, 3.63) is 63.9 Å². The zero-order chi connectivity index (χ0) is 16.7. The summed E-state index contributed by atoms with van der Waals surface area (Å²) in [6.07, 6.45) is 3.52. The Balaban J connectivity index is 2.09. The monoisotopic (exact) mass is 360 g/mol. The molecule has 6 heteroatoms. The molecule has 124 valence electrons. The van der Waals surface area contributed by atoms with Gasteiger partial charge in [-0.05, 0) is 49.7 Å². The summed E-state index contributed by atoms with van der Waals surface area (Å²) in [5.74, 6) is -0.0431. The molecule has 0 atom stereocenters. The highest BCUT2D eigenvalue weighted by Gasteiger charge is 2.30. The minimum atomic E-state index is -3.46. The number of sulfone groups is 1. The van der Waals surface area contributed by atoms with E-state index in [0.29, 0.717) is 9.92 Å². The van der Waals surface area contributed by atoms with E-state index in [1.165, 1.54) is 5.57 Å². The smallest absolute Gasteiger partial charge is 0.183 e. The van der Waals surface area contributed by atoms with E-state index in [4.69, 9.17) is 11.6 Å². The number of fused-ring (bicyclic) bond motifs is 2. The van der Waals surface area contributed by atoms with Gasteiger partial charge in [-0.3, -0.25) is 4.98 Å². The van der Waals surface area contributed by atoms with Gasteiger partial charge in [-0.25, -0.2) is 8.42 Å². The third kappa shape index (κ3) is 2.66. The van der Waals surface area contributed by atoms with Crippen molar-refractivity contribution in [3.63, 3.8) is 0 Å². The van der Waals surface area contributed by atoms with Gasteiger partial charge in [0, 0.05) is 22.4 Å². The first-order chi connectivity index (χ1) is 11.6. The molecular formula is C18H17ClN2O2S. The maximum absolute atomic E-state index is 12.9. The van der Waals surface area contributed by atoms with Crippen molar-refractivity contribution < 1.29 is 8.42 Å². The Hall–Kier alpha value is -1.69. The number of nitrogens with zero attached hydrogens (tertiary/aromatic N) is 1. The van der Waals surface area contributed by atoms with Crippen molar-refractivity contribution >= 4 is 27.0 Å². The van der Waals surface area contributed by atoms with E-state index < -0.39 is 9.84 Å². The molecule has 0 amide bonds. The number of aromatic nitrogens is 1. The van der Waals surface area contributed by atoms with Crippen LogP contribution in [0.2, 0.25) is 5.02 Å². The lowest BCUT2D eigenvalue weighted by Crippen LogP contribution is -2.24. The molecular weight excluding hydrogens is 344 g/mol. The molecule has 4 nitrogen and oxygen atoms in total. The van der Waals surface area contributed by atoms with E-state index >= 15 is 0 Å². The fourth-order valence-electron chi connectivity index (χ4n) is 3.49. The zero-order valence-electron chi connectivity index (χ0n) is 13.0. The van der Waals surface area contributed by atoms with Crippen LogP contribution in [0.25, 0.3) is 5.57 Å². The van der Waals surface area contributed by atoms with Crippen LogP contribution in [0.15, 0.2) is 47.0 Å². The second kappa shape index (κ2) is 5.99. The van der Waals surface area contributed by atoms with Crippen LogP contribution < -0.4 is 5.32 Å². The highest BCUT2D eigenvalue weighted by molar-refractivity contribution is 7.90. The molecule has 1 aromatic carbocycles. The summed E-state index contributed by atoms with van der Waals surface area (Å²) in [6, 6.07) is 8.80. The molecule has 2 aliphatic heterocycles. The van der Waals surface area contributed by atoms with Gasteiger partial charge in [0.25, 0.3) is 0 Å². The first-order valence-electron chi connectivity index (χ1n) is 7.96. The number of hydrogen-bond acceptors (Lipinski definition) is 4. The highest BCUT2D eigenvalue weighted by Crippen LogP contribution is 2.40. The maximum atomic E-state index is 12.9. The number of nitrogens with one attached hydrogen (secondary N) is 1. The summed E-state index contributed by atoms with van der Waals surface area (Å²) in [7, 11) is -3.46. The molecule has 1 aromatic heterocycles. The van der Waals surface area contributed by atoms with E-state index in [1.54, 1.807) is 24.4 Å². The third-order valence-corrected chi connectivity index (χ3v) is 6.52. The van der Waals surface area contributed by atoms with E-state index in [1.807, 2.05) is 12.1 Å². The molecule has 0 bridgehead atoms. The average Bonchev–Trinajstić information content (AvgIpc) is 2.67. The van der Waals surface area contributed by atoms with Crippen LogP contribution in [0.5, 0.6) is 0 Å². The predicted molar refractivity (Wildman–Crippen MR) is 94.7 cm³/mol. The number of halogens is 1. The molecule has 4 rings (SSSR count). The minimum Gasteiger partial charge on any atom is -0.316 e. The lowest BCUT2D eigenvalue weighted by Gasteiger charge is -2.21. The van der Waals surface area contributed by atoms with Crippen molar-refractivity contribution in [1.82, 2.24) is 10.3 Å². The normalized spacial score (nSPS) is 19.4. The molecule has 2 aromatic rings. The SMILES string of the molecule is O=S1(=O)Cc2cccnc2C(=C2CCNCC2)c2ccc(Cl)cc21. The molecule has 1 saturated heterocycles. The Morgan fingerprint density at radius 3 is 2.71 bits per heavy atom. The second-order valence-electron chi connectivity index (χ2n) is 6.14. The molecule has 0 aliphatic carbocycles. The van der Waals surface area contributed by atoms with Crippen LogP contribution in [0.1, 0.15) is 29.7 Å². The largest absolute Gasteiger partial charge is 0.316 e. The Morgan fingerprint density at radius 1 is 1.12 bits per heavy atom. The van der Waals surface area contributed by atoms with Gasteiger partial charge in [0.1, 0.15) is 0 Å². The molecule has 0 saturated carbocycles. The van der Waals surface area contributed by atoms with Gasteiger partial charge in [-0.1, -0.05) is 29.3 Å². The van der Waals surface area contributed by atoms with Crippen LogP contribution in [0.4, 0.5) is 0 Å². The van der Waals surface area contributed by atoms with Gasteiger partial charge >= 0.3 is 0 Å². The standard InChI is InChI=1S/C18H17ClN2O2S/c19-14-3-4-15-16(10-14)24(22,23)11-13-2-1-7-21-18(13)17(15)12-5-8-20-9-6-12/h1-4,7,10,20H,5-6,8-9,11H2. The van der Waals surface area contributed by atoms with Gasteiger partial charge in [0.2, 0.25) is 0 Å². The molecule has 0 spiro atoms. The van der Waals surface area contributed by atoms with Crippen LogP contribution >= 0.6 is 11.6 Å². The van der Waals surface area contributed by atoms with Crippen LogP contribution in [0, 0.1) is 0 Å². The van der Waals surface area contributed by atoms with Crippen molar-refractivity contribution in [2.45, 2.75) is 23.5 Å². The van der Waals surface area contributed by atoms with E-state index in [-0.39, 0.29) is 5.75 Å². The molecule has 3 heterocycles. The number of rotatable bonds is 0. The Morgan fingerprint density at radius 2 is 1.92 bits per heavy atom. The van der Waals surface area contributed by atoms with E-state index in [9.17, 15) is 8.42 Å². The average molecular weight is 361 g/mol. The summed E-state index contributed by atoms with van der Waals surface area (Å²) < 4.78 is 25.8. The van der Waals surface area contributed by atoms with Gasteiger partial charge in [-0.15, -0.1) is 0 Å². The molecule has 1 N–H and O–H groups in total. The highest BCUT2D eigenvalue weighted by atomic mass is 35.5. The van der Waals surface area contributed by atoms with Gasteiger partial charge in [0.05, 0.1) is 16.3 Å². The molecule has 2 aliphatic rings. The van der Waals surface area contributed by atoms with Crippen LogP contribution in [0.3, 0.4) is 0 Å². The number of hydrogen-bond donors (Lipinski definition) is 1. The molecule has 1 fully saturated rings. The summed E-state index contributed by atoms with van der Waals surface area (Å²) >= 11 is 6.10. The number of piperidine rings is 1. The van der Waals surface area contributed by atoms with Crippen molar-refractivity contribution in [2.24, 2.45) is 0 Å². The quantitative estimate of drug-likeness (QED) is 0.783. The van der Waals surface area contributed by atoms with Crippen LogP contribution in [-0.2, 0) is 15.6 Å². The first kappa shape index (κ1) is 15.8. The third-order valence-electron chi connectivity index (χ3n) is 4.58. The van der Waals surface area contributed by atoms with Gasteiger partial charge in [-0.2, -0.15) is 0 Å². The van der Waals surface area contributed by atoms with Gasteiger partial charge < -0.3 is 5.32 Å². The topological polar surface area (TPSA) is 59.1 Å². The maximum Gasteiger partial charge on any atom is 0.183 e. The van der Waals surface area contributed by atoms with E-state index in [2.05, 4.69) is 10.3 Å². The predicted octanol–water partition coefficient (Wildman–Crippen LogP) is 3.21. The molecule has 24 heavy (non-hydrogen) atoms. The lowest BCUT2D eigenvalue weighted by molar-refractivity contribution is 0.595. The Labute approximate surface area is 146 Å². The summed E-state index contributed by atoms with van der Waals surface area (Å²) in [4.78, 5) is 4.86. The van der Waals surface area contributed by atoms with Crippen LogP contribution in [-0.4, -0.2) is 26.5 Å². The second-order valence-corrected chi connectivity index (χ2v) is 8.53. The first-order valence-corrected chi connectivity index (χ1v) is 9.99. The van der Waals surface area contributed by atoms with Crippen molar-refractivity contribution in [1.29, 1.82) is 0 Å². The summed E-state index contributed by atoms with van der Waals surface area (Å²) in [5, 5.41) is 3.78. The molecule has 0 radical (unpaired) electrons. The molecule has 0 unspecified atom stereocenters. The number of pyridine rings is 1.